The molecule has 0 bridgehead atoms. The zero-order valence-electron chi connectivity index (χ0n) is 18.4. The minimum absolute atomic E-state index is 0.213. The lowest BCUT2D eigenvalue weighted by molar-refractivity contribution is -0.231. The largest absolute Gasteiger partial charge is 0.399 e. The SMILES string of the molecule is CON=C(c1ccc(Cc2cc([C@@H]3O[C@H](CO)[C@@H](O)[C@H](O)[C@H]3O)ccc2Cl)cc1)C(C)C. The van der Waals surface area contributed by atoms with E-state index in [-0.39, 0.29) is 5.92 Å². The molecule has 0 saturated carbocycles. The van der Waals surface area contributed by atoms with Gasteiger partial charge >= 0.3 is 0 Å². The molecule has 1 saturated heterocycles. The molecule has 0 amide bonds. The van der Waals surface area contributed by atoms with Crippen molar-refractivity contribution in [2.75, 3.05) is 13.7 Å². The highest BCUT2D eigenvalue weighted by molar-refractivity contribution is 6.31. The second-order valence-corrected chi connectivity index (χ2v) is 8.70. The van der Waals surface area contributed by atoms with Gasteiger partial charge in [-0.15, -0.1) is 0 Å². The average molecular weight is 464 g/mol. The fourth-order valence-corrected chi connectivity index (χ4v) is 4.07. The van der Waals surface area contributed by atoms with Crippen molar-refractivity contribution in [1.29, 1.82) is 0 Å². The molecule has 174 valence electrons. The van der Waals surface area contributed by atoms with Gasteiger partial charge in [-0.2, -0.15) is 0 Å². The predicted octanol–water partition coefficient (Wildman–Crippen LogP) is 2.45. The first-order chi connectivity index (χ1) is 15.3. The molecular formula is C24H30ClNO6. The molecule has 4 N–H and O–H groups in total. The number of hydrogen-bond acceptors (Lipinski definition) is 7. The van der Waals surface area contributed by atoms with E-state index in [9.17, 15) is 20.4 Å². The third-order valence-electron chi connectivity index (χ3n) is 5.67. The van der Waals surface area contributed by atoms with Crippen LogP contribution in [0.2, 0.25) is 5.02 Å². The first-order valence-corrected chi connectivity index (χ1v) is 10.9. The van der Waals surface area contributed by atoms with Crippen molar-refractivity contribution < 1.29 is 30.0 Å². The highest BCUT2D eigenvalue weighted by atomic mass is 35.5. The smallest absolute Gasteiger partial charge is 0.113 e. The summed E-state index contributed by atoms with van der Waals surface area (Å²) >= 11 is 6.43. The summed E-state index contributed by atoms with van der Waals surface area (Å²) in [7, 11) is 1.53. The fraction of sp³-hybridized carbons (Fsp3) is 0.458. The molecule has 5 atom stereocenters. The quantitative estimate of drug-likeness (QED) is 0.370. The molecule has 0 radical (unpaired) electrons. The van der Waals surface area contributed by atoms with Gasteiger partial charge in [0.05, 0.1) is 12.3 Å². The first kappa shape index (κ1) is 24.6. The van der Waals surface area contributed by atoms with Gasteiger partial charge in [-0.3, -0.25) is 0 Å². The van der Waals surface area contributed by atoms with Crippen molar-refractivity contribution in [3.63, 3.8) is 0 Å². The normalized spacial score (nSPS) is 26.4. The minimum Gasteiger partial charge on any atom is -0.399 e. The van der Waals surface area contributed by atoms with E-state index in [4.69, 9.17) is 21.2 Å². The monoisotopic (exact) mass is 463 g/mol. The lowest BCUT2D eigenvalue weighted by atomic mass is 9.90. The van der Waals surface area contributed by atoms with Crippen LogP contribution in [0.1, 0.15) is 42.2 Å². The Morgan fingerprint density at radius 3 is 2.34 bits per heavy atom. The maximum atomic E-state index is 10.4. The third kappa shape index (κ3) is 5.31. The fourth-order valence-electron chi connectivity index (χ4n) is 3.89. The molecule has 0 unspecified atom stereocenters. The van der Waals surface area contributed by atoms with Crippen molar-refractivity contribution in [2.24, 2.45) is 11.1 Å². The maximum absolute atomic E-state index is 10.4. The van der Waals surface area contributed by atoms with Crippen LogP contribution in [-0.4, -0.2) is 64.3 Å². The molecule has 3 rings (SSSR count). The van der Waals surface area contributed by atoms with Crippen molar-refractivity contribution in [3.05, 3.63) is 69.7 Å². The molecule has 32 heavy (non-hydrogen) atoms. The van der Waals surface area contributed by atoms with Crippen molar-refractivity contribution >= 4 is 17.3 Å². The predicted molar refractivity (Wildman–Crippen MR) is 122 cm³/mol. The van der Waals surface area contributed by atoms with E-state index in [2.05, 4.69) is 19.0 Å². The summed E-state index contributed by atoms with van der Waals surface area (Å²) in [6, 6.07) is 13.2. The minimum atomic E-state index is -1.43. The number of hydrogen-bond donors (Lipinski definition) is 4. The third-order valence-corrected chi connectivity index (χ3v) is 6.04. The van der Waals surface area contributed by atoms with Gasteiger partial charge in [-0.1, -0.05) is 67.0 Å². The lowest BCUT2D eigenvalue weighted by Gasteiger charge is -2.40. The first-order valence-electron chi connectivity index (χ1n) is 10.6. The van der Waals surface area contributed by atoms with Crippen LogP contribution in [0.25, 0.3) is 0 Å². The molecule has 7 nitrogen and oxygen atoms in total. The van der Waals surface area contributed by atoms with Crippen molar-refractivity contribution in [1.82, 2.24) is 0 Å². The van der Waals surface area contributed by atoms with Crippen LogP contribution in [0, 0.1) is 5.92 Å². The molecule has 1 heterocycles. The molecule has 2 aromatic carbocycles. The van der Waals surface area contributed by atoms with Gasteiger partial charge in [-0.25, -0.2) is 0 Å². The summed E-state index contributed by atoms with van der Waals surface area (Å²) in [5.74, 6) is 0.213. The summed E-state index contributed by atoms with van der Waals surface area (Å²) in [5.41, 5.74) is 4.30. The second kappa shape index (κ2) is 10.7. The number of rotatable bonds is 7. The van der Waals surface area contributed by atoms with Gasteiger partial charge in [0.1, 0.15) is 37.6 Å². The van der Waals surface area contributed by atoms with Crippen LogP contribution >= 0.6 is 11.6 Å². The highest BCUT2D eigenvalue weighted by Gasteiger charge is 2.44. The Morgan fingerprint density at radius 2 is 1.75 bits per heavy atom. The van der Waals surface area contributed by atoms with Crippen LogP contribution in [0.3, 0.4) is 0 Å². The molecule has 8 heteroatoms. The Kier molecular flexibility index (Phi) is 8.27. The molecule has 0 aromatic heterocycles. The number of benzene rings is 2. The van der Waals surface area contributed by atoms with Crippen LogP contribution in [-0.2, 0) is 16.0 Å². The summed E-state index contributed by atoms with van der Waals surface area (Å²) in [5, 5.41) is 44.7. The summed E-state index contributed by atoms with van der Waals surface area (Å²) in [6.07, 6.45) is -5.48. The zero-order chi connectivity index (χ0) is 23.4. The number of oxime groups is 1. The molecule has 1 fully saturated rings. The number of halogens is 1. The van der Waals surface area contributed by atoms with Crippen molar-refractivity contribution in [3.8, 4) is 0 Å². The van der Waals surface area contributed by atoms with E-state index < -0.39 is 37.1 Å². The lowest BCUT2D eigenvalue weighted by Crippen LogP contribution is -2.55. The van der Waals surface area contributed by atoms with Crippen LogP contribution in [0.4, 0.5) is 0 Å². The van der Waals surface area contributed by atoms with E-state index in [1.165, 1.54) is 7.11 Å². The van der Waals surface area contributed by atoms with Crippen LogP contribution in [0.5, 0.6) is 0 Å². The van der Waals surface area contributed by atoms with Gasteiger partial charge in [0.2, 0.25) is 0 Å². The summed E-state index contributed by atoms with van der Waals surface area (Å²) < 4.78 is 5.67. The van der Waals surface area contributed by atoms with Crippen molar-refractivity contribution in [2.45, 2.75) is 50.8 Å². The van der Waals surface area contributed by atoms with Gasteiger partial charge in [0, 0.05) is 5.02 Å². The van der Waals surface area contributed by atoms with Gasteiger partial charge in [0.15, 0.2) is 0 Å². The molecule has 1 aliphatic heterocycles. The topological polar surface area (TPSA) is 112 Å². The van der Waals surface area contributed by atoms with E-state index in [1.54, 1.807) is 12.1 Å². The van der Waals surface area contributed by atoms with E-state index in [0.717, 1.165) is 22.4 Å². The number of ether oxygens (including phenoxy) is 1. The Balaban J connectivity index is 1.83. The average Bonchev–Trinajstić information content (AvgIpc) is 2.78. The van der Waals surface area contributed by atoms with E-state index in [1.807, 2.05) is 30.3 Å². The Morgan fingerprint density at radius 1 is 1.06 bits per heavy atom. The standard InChI is InChI=1S/C24H30ClNO6/c1-13(2)20(26-31-3)15-6-4-14(5-7-15)10-17-11-16(8-9-18(17)25)24-23(30)22(29)21(28)19(12-27)32-24/h4-9,11,13,19,21-24,27-30H,10,12H2,1-3H3/t19-,21-,22+,23-,24+/m1/s1. The number of nitrogens with zero attached hydrogens (tertiary/aromatic N) is 1. The number of aliphatic hydroxyl groups is 4. The zero-order valence-corrected chi connectivity index (χ0v) is 19.1. The molecule has 1 aliphatic rings. The summed E-state index contributed by atoms with van der Waals surface area (Å²) in [4.78, 5) is 4.96. The second-order valence-electron chi connectivity index (χ2n) is 8.29. The molecule has 0 spiro atoms. The van der Waals surface area contributed by atoms with Gasteiger partial charge in [0.25, 0.3) is 0 Å². The molecule has 2 aromatic rings. The van der Waals surface area contributed by atoms with E-state index >= 15 is 0 Å². The summed E-state index contributed by atoms with van der Waals surface area (Å²) in [6.45, 7) is 3.63. The molecule has 0 aliphatic carbocycles. The van der Waals surface area contributed by atoms with Crippen LogP contribution < -0.4 is 0 Å². The van der Waals surface area contributed by atoms with Crippen LogP contribution in [0.15, 0.2) is 47.6 Å². The number of aliphatic hydroxyl groups excluding tert-OH is 4. The Bertz CT molecular complexity index is 931. The highest BCUT2D eigenvalue weighted by Crippen LogP contribution is 2.34. The van der Waals surface area contributed by atoms with Gasteiger partial charge < -0.3 is 30.0 Å². The maximum Gasteiger partial charge on any atom is 0.113 e. The Labute approximate surface area is 192 Å². The Hall–Kier alpha value is -2.00. The van der Waals surface area contributed by atoms with Gasteiger partial charge in [-0.05, 0) is 40.7 Å². The van der Waals surface area contributed by atoms with E-state index in [0.29, 0.717) is 17.0 Å². The molecular weight excluding hydrogens is 434 g/mol.